The van der Waals surface area contributed by atoms with E-state index in [1.54, 1.807) is 0 Å². The summed E-state index contributed by atoms with van der Waals surface area (Å²) < 4.78 is 0. The van der Waals surface area contributed by atoms with Crippen LogP contribution in [0.4, 0.5) is 0 Å². The molecule has 0 saturated carbocycles. The predicted molar refractivity (Wildman–Crippen MR) is 47.0 cm³/mol. The molecule has 0 aromatic rings. The molecule has 0 heteroatoms. The van der Waals surface area contributed by atoms with Gasteiger partial charge in [0.05, 0.1) is 0 Å². The van der Waals surface area contributed by atoms with Crippen molar-refractivity contribution in [3.63, 3.8) is 0 Å². The van der Waals surface area contributed by atoms with Crippen LogP contribution in [-0.2, 0) is 0 Å². The molecule has 1 radical (unpaired) electrons. The summed E-state index contributed by atoms with van der Waals surface area (Å²) in [6, 6.07) is 0. The van der Waals surface area contributed by atoms with E-state index in [0.29, 0.717) is 0 Å². The first kappa shape index (κ1) is 6.66. The van der Waals surface area contributed by atoms with Gasteiger partial charge >= 0.3 is 0 Å². The highest BCUT2D eigenvalue weighted by atomic mass is 14.2. The summed E-state index contributed by atoms with van der Waals surface area (Å²) >= 11 is 0. The molecule has 0 aliphatic heterocycles. The average molecular weight is 143 g/mol. The minimum absolute atomic E-state index is 0.999. The molecule has 0 heterocycles. The summed E-state index contributed by atoms with van der Waals surface area (Å²) in [6.07, 6.45) is 14.2. The summed E-state index contributed by atoms with van der Waals surface area (Å²) in [6.45, 7) is 2.14. The van der Waals surface area contributed by atoms with Crippen LogP contribution in [0.15, 0.2) is 41.0 Å². The van der Waals surface area contributed by atoms with Crippen LogP contribution in [0.3, 0.4) is 0 Å². The Balaban J connectivity index is 2.24. The maximum absolute atomic E-state index is 3.30. The summed E-state index contributed by atoms with van der Waals surface area (Å²) in [5.41, 5.74) is 4.18. The predicted octanol–water partition coefficient (Wildman–Crippen LogP) is 2.95. The Hall–Kier alpha value is -1.04. The van der Waals surface area contributed by atoms with Crippen molar-refractivity contribution in [3.8, 4) is 0 Å². The van der Waals surface area contributed by atoms with Crippen molar-refractivity contribution < 1.29 is 0 Å². The quantitative estimate of drug-likeness (QED) is 0.529. The van der Waals surface area contributed by atoms with Crippen molar-refractivity contribution in [3.05, 3.63) is 47.1 Å². The van der Waals surface area contributed by atoms with Gasteiger partial charge in [-0.2, -0.15) is 0 Å². The van der Waals surface area contributed by atoms with Gasteiger partial charge in [0.25, 0.3) is 0 Å². The van der Waals surface area contributed by atoms with Crippen LogP contribution in [-0.4, -0.2) is 0 Å². The normalized spacial score (nSPS) is 21.7. The minimum Gasteiger partial charge on any atom is -0.0801 e. The maximum atomic E-state index is 3.30. The molecule has 2 aliphatic carbocycles. The lowest BCUT2D eigenvalue weighted by Crippen LogP contribution is -1.84. The molecule has 0 amide bonds. The maximum Gasteiger partial charge on any atom is -0.00825 e. The summed E-state index contributed by atoms with van der Waals surface area (Å²) in [5, 5.41) is 0. The summed E-state index contributed by atoms with van der Waals surface area (Å²) in [5.74, 6) is 0. The first-order chi connectivity index (χ1) is 5.38. The lowest BCUT2D eigenvalue weighted by Gasteiger charge is -2.03. The van der Waals surface area contributed by atoms with E-state index in [4.69, 9.17) is 0 Å². The van der Waals surface area contributed by atoms with Crippen molar-refractivity contribution in [1.29, 1.82) is 0 Å². The molecule has 0 atom stereocenters. The van der Waals surface area contributed by atoms with E-state index in [1.165, 1.54) is 16.7 Å². The van der Waals surface area contributed by atoms with E-state index in [-0.39, 0.29) is 0 Å². The molecular formula is C11H11. The molecule has 0 spiro atoms. The Labute approximate surface area is 67.6 Å². The van der Waals surface area contributed by atoms with Gasteiger partial charge in [-0.05, 0) is 42.6 Å². The van der Waals surface area contributed by atoms with Gasteiger partial charge in [0.1, 0.15) is 0 Å². The molecule has 0 fully saturated rings. The van der Waals surface area contributed by atoms with Crippen molar-refractivity contribution in [2.45, 2.75) is 19.8 Å². The Bertz CT molecular complexity index is 285. The topological polar surface area (TPSA) is 0 Å². The van der Waals surface area contributed by atoms with E-state index in [9.17, 15) is 0 Å². The third kappa shape index (κ3) is 1.09. The van der Waals surface area contributed by atoms with Crippen molar-refractivity contribution >= 4 is 0 Å². The minimum atomic E-state index is 0.999. The third-order valence-electron chi connectivity index (χ3n) is 2.19. The van der Waals surface area contributed by atoms with Crippen LogP contribution < -0.4 is 0 Å². The molecule has 11 heavy (non-hydrogen) atoms. The zero-order chi connectivity index (χ0) is 7.68. The average Bonchev–Trinajstić information content (AvgIpc) is 2.55. The molecule has 0 aromatic carbocycles. The Morgan fingerprint density at radius 2 is 2.36 bits per heavy atom. The fourth-order valence-electron chi connectivity index (χ4n) is 1.57. The van der Waals surface area contributed by atoms with Gasteiger partial charge in [-0.3, -0.25) is 0 Å². The molecule has 55 valence electrons. The van der Waals surface area contributed by atoms with Gasteiger partial charge in [0, 0.05) is 0 Å². The largest absolute Gasteiger partial charge is 0.0801 e. The van der Waals surface area contributed by atoms with Crippen molar-refractivity contribution in [2.75, 3.05) is 0 Å². The fourth-order valence-corrected chi connectivity index (χ4v) is 1.57. The van der Waals surface area contributed by atoms with Crippen LogP contribution in [0, 0.1) is 6.08 Å². The summed E-state index contributed by atoms with van der Waals surface area (Å²) in [7, 11) is 0. The zero-order valence-corrected chi connectivity index (χ0v) is 6.72. The second-order valence-electron chi connectivity index (χ2n) is 2.95. The van der Waals surface area contributed by atoms with Crippen LogP contribution in [0.1, 0.15) is 19.8 Å². The molecule has 0 saturated heterocycles. The van der Waals surface area contributed by atoms with E-state index in [2.05, 4.69) is 37.3 Å². The molecule has 0 nitrogen and oxygen atoms in total. The number of hydrogen-bond acceptors (Lipinski definition) is 0. The van der Waals surface area contributed by atoms with Crippen molar-refractivity contribution in [2.24, 2.45) is 0 Å². The van der Waals surface area contributed by atoms with Gasteiger partial charge < -0.3 is 0 Å². The summed E-state index contributed by atoms with van der Waals surface area (Å²) in [4.78, 5) is 0. The smallest absolute Gasteiger partial charge is 0.00825 e. The van der Waals surface area contributed by atoms with Crippen LogP contribution in [0.5, 0.6) is 0 Å². The standard InChI is InChI=1S/C11H11/c1-9-5-4-8-11(9)10-6-2-3-7-10/h2-3,6,8H,4,7H2,1H3. The first-order valence-corrected chi connectivity index (χ1v) is 4.02. The molecule has 0 aromatic heterocycles. The molecule has 0 bridgehead atoms. The zero-order valence-electron chi connectivity index (χ0n) is 6.72. The van der Waals surface area contributed by atoms with Crippen LogP contribution in [0.25, 0.3) is 0 Å². The number of hydrogen-bond donors (Lipinski definition) is 0. The first-order valence-electron chi connectivity index (χ1n) is 4.02. The molecule has 2 aliphatic rings. The van der Waals surface area contributed by atoms with Gasteiger partial charge in [-0.25, -0.2) is 0 Å². The van der Waals surface area contributed by atoms with E-state index in [0.717, 1.165) is 12.8 Å². The SMILES string of the molecule is CC1=[C]CC=C1C1=CC=CC1. The van der Waals surface area contributed by atoms with Gasteiger partial charge in [-0.1, -0.05) is 24.3 Å². The van der Waals surface area contributed by atoms with E-state index >= 15 is 0 Å². The lowest BCUT2D eigenvalue weighted by molar-refractivity contribution is 1.25. The molecule has 2 rings (SSSR count). The van der Waals surface area contributed by atoms with E-state index in [1.807, 2.05) is 0 Å². The van der Waals surface area contributed by atoms with Crippen molar-refractivity contribution in [1.82, 2.24) is 0 Å². The van der Waals surface area contributed by atoms with Gasteiger partial charge in [0.2, 0.25) is 0 Å². The van der Waals surface area contributed by atoms with Crippen LogP contribution in [0.2, 0.25) is 0 Å². The Kier molecular flexibility index (Phi) is 1.54. The Morgan fingerprint density at radius 3 is 2.91 bits per heavy atom. The second-order valence-corrected chi connectivity index (χ2v) is 2.95. The highest BCUT2D eigenvalue weighted by molar-refractivity contribution is 5.51. The third-order valence-corrected chi connectivity index (χ3v) is 2.19. The number of rotatable bonds is 1. The highest BCUT2D eigenvalue weighted by Gasteiger charge is 2.10. The Morgan fingerprint density at radius 1 is 1.45 bits per heavy atom. The number of allylic oxidation sites excluding steroid dienone is 8. The van der Waals surface area contributed by atoms with Crippen LogP contribution >= 0.6 is 0 Å². The van der Waals surface area contributed by atoms with Gasteiger partial charge in [-0.15, -0.1) is 0 Å². The molecule has 0 unspecified atom stereocenters. The lowest BCUT2D eigenvalue weighted by atomic mass is 10.0. The van der Waals surface area contributed by atoms with E-state index < -0.39 is 0 Å². The fraction of sp³-hybridized carbons (Fsp3) is 0.273. The molecular weight excluding hydrogens is 132 g/mol. The van der Waals surface area contributed by atoms with Gasteiger partial charge in [0.15, 0.2) is 0 Å². The molecule has 0 N–H and O–H groups in total. The highest BCUT2D eigenvalue weighted by Crippen LogP contribution is 2.29. The second kappa shape index (κ2) is 2.54. The monoisotopic (exact) mass is 143 g/mol.